The van der Waals surface area contributed by atoms with Gasteiger partial charge < -0.3 is 4.74 Å². The molecule has 62 valence electrons. The fraction of sp³-hybridized carbons (Fsp3) is 0.667. The van der Waals surface area contributed by atoms with E-state index >= 15 is 0 Å². The number of rotatable bonds is 3. The molecular formula is C6H10ClN3O. The van der Waals surface area contributed by atoms with Gasteiger partial charge in [-0.1, -0.05) is 5.21 Å². The van der Waals surface area contributed by atoms with E-state index in [9.17, 15) is 0 Å². The predicted molar refractivity (Wildman–Crippen MR) is 41.3 cm³/mol. The molecule has 5 heteroatoms. The van der Waals surface area contributed by atoms with Crippen molar-refractivity contribution in [3.05, 3.63) is 11.4 Å². The lowest BCUT2D eigenvalue weighted by molar-refractivity contribution is 0.177. The average Bonchev–Trinajstić information content (AvgIpc) is 2.34. The topological polar surface area (TPSA) is 39.9 Å². The highest BCUT2D eigenvalue weighted by Gasteiger charge is 2.07. The third-order valence-corrected chi connectivity index (χ3v) is 1.68. The van der Waals surface area contributed by atoms with E-state index in [0.717, 1.165) is 11.4 Å². The van der Waals surface area contributed by atoms with Crippen LogP contribution in [0.4, 0.5) is 0 Å². The summed E-state index contributed by atoms with van der Waals surface area (Å²) < 4.78 is 6.62. The quantitative estimate of drug-likeness (QED) is 0.635. The fourth-order valence-corrected chi connectivity index (χ4v) is 1.04. The number of aromatic nitrogens is 3. The van der Waals surface area contributed by atoms with Crippen LogP contribution >= 0.6 is 11.6 Å². The Morgan fingerprint density at radius 2 is 2.36 bits per heavy atom. The van der Waals surface area contributed by atoms with Crippen molar-refractivity contribution in [2.45, 2.75) is 12.5 Å². The zero-order chi connectivity index (χ0) is 8.27. The van der Waals surface area contributed by atoms with E-state index in [-0.39, 0.29) is 0 Å². The molecule has 11 heavy (non-hydrogen) atoms. The van der Waals surface area contributed by atoms with E-state index in [0.29, 0.717) is 12.5 Å². The number of hydrogen-bond acceptors (Lipinski definition) is 3. The molecule has 0 aliphatic carbocycles. The van der Waals surface area contributed by atoms with Crippen molar-refractivity contribution < 1.29 is 4.74 Å². The Bertz CT molecular complexity index is 236. The van der Waals surface area contributed by atoms with Crippen molar-refractivity contribution in [1.29, 1.82) is 0 Å². The molecule has 0 N–H and O–H groups in total. The molecule has 4 nitrogen and oxygen atoms in total. The summed E-state index contributed by atoms with van der Waals surface area (Å²) in [7, 11) is 3.45. The van der Waals surface area contributed by atoms with Crippen LogP contribution in [0, 0.1) is 0 Å². The van der Waals surface area contributed by atoms with Gasteiger partial charge >= 0.3 is 0 Å². The van der Waals surface area contributed by atoms with Crippen LogP contribution in [0.5, 0.6) is 0 Å². The van der Waals surface area contributed by atoms with Gasteiger partial charge in [-0.05, 0) is 0 Å². The second-order valence-electron chi connectivity index (χ2n) is 2.17. The van der Waals surface area contributed by atoms with E-state index in [1.165, 1.54) is 0 Å². The molecule has 0 saturated heterocycles. The maximum atomic E-state index is 5.61. The first-order valence-corrected chi connectivity index (χ1v) is 3.75. The Labute approximate surface area is 70.1 Å². The monoisotopic (exact) mass is 175 g/mol. The van der Waals surface area contributed by atoms with Gasteiger partial charge in [0.2, 0.25) is 0 Å². The third kappa shape index (κ3) is 1.70. The molecule has 0 unspecified atom stereocenters. The van der Waals surface area contributed by atoms with E-state index in [1.54, 1.807) is 11.8 Å². The van der Waals surface area contributed by atoms with E-state index in [2.05, 4.69) is 10.3 Å². The summed E-state index contributed by atoms with van der Waals surface area (Å²) >= 11 is 5.61. The van der Waals surface area contributed by atoms with Gasteiger partial charge in [-0.2, -0.15) is 0 Å². The van der Waals surface area contributed by atoms with Crippen molar-refractivity contribution in [2.24, 2.45) is 7.05 Å². The van der Waals surface area contributed by atoms with Crippen molar-refractivity contribution in [2.75, 3.05) is 7.11 Å². The Hall–Kier alpha value is -0.610. The number of methoxy groups -OCH3 is 1. The maximum absolute atomic E-state index is 5.61. The highest BCUT2D eigenvalue weighted by molar-refractivity contribution is 6.16. The molecule has 1 heterocycles. The number of hydrogen-bond donors (Lipinski definition) is 0. The Balaban J connectivity index is 2.88. The van der Waals surface area contributed by atoms with Gasteiger partial charge in [-0.25, -0.2) is 4.68 Å². The first-order chi connectivity index (χ1) is 5.29. The average molecular weight is 176 g/mol. The van der Waals surface area contributed by atoms with Gasteiger partial charge in [-0.15, -0.1) is 16.7 Å². The van der Waals surface area contributed by atoms with E-state index in [4.69, 9.17) is 16.3 Å². The summed E-state index contributed by atoms with van der Waals surface area (Å²) in [5.41, 5.74) is 1.72. The highest BCUT2D eigenvalue weighted by Crippen LogP contribution is 2.07. The lowest BCUT2D eigenvalue weighted by atomic mass is 10.3. The normalized spacial score (nSPS) is 10.5. The van der Waals surface area contributed by atoms with Crippen LogP contribution in [0.25, 0.3) is 0 Å². The van der Waals surface area contributed by atoms with Gasteiger partial charge in [0.25, 0.3) is 0 Å². The zero-order valence-corrected chi connectivity index (χ0v) is 7.30. The number of nitrogens with zero attached hydrogens (tertiary/aromatic N) is 3. The molecule has 0 spiro atoms. The minimum Gasteiger partial charge on any atom is -0.378 e. The van der Waals surface area contributed by atoms with Gasteiger partial charge in [-0.3, -0.25) is 0 Å². The molecule has 0 atom stereocenters. The molecular weight excluding hydrogens is 166 g/mol. The number of ether oxygens (including phenoxy) is 1. The van der Waals surface area contributed by atoms with Crippen molar-refractivity contribution in [3.63, 3.8) is 0 Å². The van der Waals surface area contributed by atoms with Crippen LogP contribution in [0.3, 0.4) is 0 Å². The molecule has 0 aliphatic rings. The second-order valence-corrected chi connectivity index (χ2v) is 2.44. The summed E-state index contributed by atoms with van der Waals surface area (Å²) in [6, 6.07) is 0. The summed E-state index contributed by atoms with van der Waals surface area (Å²) in [5.74, 6) is 0.381. The van der Waals surface area contributed by atoms with Crippen LogP contribution in [-0.4, -0.2) is 22.1 Å². The molecule has 0 saturated carbocycles. The summed E-state index contributed by atoms with van der Waals surface area (Å²) in [6.45, 7) is 0.506. The lowest BCUT2D eigenvalue weighted by Gasteiger charge is -1.99. The van der Waals surface area contributed by atoms with Crippen molar-refractivity contribution >= 4 is 11.6 Å². The third-order valence-electron chi connectivity index (χ3n) is 1.43. The molecule has 0 aliphatic heterocycles. The van der Waals surface area contributed by atoms with Gasteiger partial charge in [0.05, 0.1) is 18.2 Å². The molecule has 1 rings (SSSR count). The molecule has 0 radical (unpaired) electrons. The number of alkyl halides is 1. The zero-order valence-electron chi connectivity index (χ0n) is 6.54. The predicted octanol–water partition coefficient (Wildman–Crippen LogP) is 0.700. The van der Waals surface area contributed by atoms with Crippen LogP contribution < -0.4 is 0 Å². The molecule has 0 fully saturated rings. The van der Waals surface area contributed by atoms with Gasteiger partial charge in [0.15, 0.2) is 0 Å². The standard InChI is InChI=1S/C6H10ClN3O/c1-10-6(4-11-2)5(3-7)8-9-10/h3-4H2,1-2H3. The molecule has 0 aromatic carbocycles. The van der Waals surface area contributed by atoms with Gasteiger partial charge in [0, 0.05) is 14.2 Å². The van der Waals surface area contributed by atoms with Crippen LogP contribution in [0.2, 0.25) is 0 Å². The first kappa shape index (κ1) is 8.49. The first-order valence-electron chi connectivity index (χ1n) is 3.22. The van der Waals surface area contributed by atoms with E-state index in [1.807, 2.05) is 7.05 Å². The highest BCUT2D eigenvalue weighted by atomic mass is 35.5. The number of halogens is 1. The molecule has 1 aromatic rings. The molecule has 1 aromatic heterocycles. The Morgan fingerprint density at radius 1 is 1.64 bits per heavy atom. The minimum atomic E-state index is 0.381. The van der Waals surface area contributed by atoms with Crippen LogP contribution in [-0.2, 0) is 24.3 Å². The van der Waals surface area contributed by atoms with Crippen molar-refractivity contribution in [1.82, 2.24) is 15.0 Å². The smallest absolute Gasteiger partial charge is 0.103 e. The van der Waals surface area contributed by atoms with Crippen LogP contribution in [0.15, 0.2) is 0 Å². The summed E-state index contributed by atoms with van der Waals surface area (Å²) in [6.07, 6.45) is 0. The fourth-order valence-electron chi connectivity index (χ4n) is 0.837. The SMILES string of the molecule is COCc1c(CCl)nnn1C. The summed E-state index contributed by atoms with van der Waals surface area (Å²) in [5, 5.41) is 7.66. The summed E-state index contributed by atoms with van der Waals surface area (Å²) in [4.78, 5) is 0. The number of aryl methyl sites for hydroxylation is 1. The largest absolute Gasteiger partial charge is 0.378 e. The Morgan fingerprint density at radius 3 is 2.91 bits per heavy atom. The van der Waals surface area contributed by atoms with Crippen molar-refractivity contribution in [3.8, 4) is 0 Å². The molecule has 0 bridgehead atoms. The Kier molecular flexibility index (Phi) is 2.84. The van der Waals surface area contributed by atoms with Gasteiger partial charge in [0.1, 0.15) is 5.69 Å². The maximum Gasteiger partial charge on any atom is 0.103 e. The second kappa shape index (κ2) is 3.69. The minimum absolute atomic E-state index is 0.381. The van der Waals surface area contributed by atoms with Crippen LogP contribution in [0.1, 0.15) is 11.4 Å². The molecule has 0 amide bonds. The lowest BCUT2D eigenvalue weighted by Crippen LogP contribution is -2.01. The van der Waals surface area contributed by atoms with E-state index < -0.39 is 0 Å².